The molecular formula is C46H32N2O. The Labute approximate surface area is 286 Å². The van der Waals surface area contributed by atoms with E-state index in [9.17, 15) is 0 Å². The van der Waals surface area contributed by atoms with Gasteiger partial charge in [-0.1, -0.05) is 146 Å². The van der Waals surface area contributed by atoms with E-state index in [1.807, 2.05) is 36.4 Å². The van der Waals surface area contributed by atoms with Crippen molar-refractivity contribution >= 4 is 29.0 Å². The first-order chi connectivity index (χ1) is 24.3. The minimum Gasteiger partial charge on any atom is -0.457 e. The SMILES string of the molecule is C=N/C(=N\C(=C/Cc1ccccc1)c1ccccc1)c1cccc2c1-c1cc3ccccc3cc1C21c2ccccc2Oc2ccccc21. The van der Waals surface area contributed by atoms with Gasteiger partial charge in [-0.25, -0.2) is 9.98 Å². The highest BCUT2D eigenvalue weighted by Gasteiger charge is 2.51. The molecule has 0 bridgehead atoms. The Morgan fingerprint density at radius 2 is 1.18 bits per heavy atom. The summed E-state index contributed by atoms with van der Waals surface area (Å²) in [4.78, 5) is 9.96. The maximum Gasteiger partial charge on any atom is 0.159 e. The molecule has 3 heteroatoms. The molecule has 0 fully saturated rings. The number of benzene rings is 7. The highest BCUT2D eigenvalue weighted by molar-refractivity contribution is 6.12. The zero-order valence-electron chi connectivity index (χ0n) is 26.9. The van der Waals surface area contributed by atoms with Crippen molar-refractivity contribution in [2.24, 2.45) is 9.98 Å². The number of ether oxygens (including phenoxy) is 1. The van der Waals surface area contributed by atoms with Gasteiger partial charge in [0.2, 0.25) is 0 Å². The fraction of sp³-hybridized carbons (Fsp3) is 0.0435. The van der Waals surface area contributed by atoms with Gasteiger partial charge >= 0.3 is 0 Å². The lowest BCUT2D eigenvalue weighted by Crippen LogP contribution is -2.32. The lowest BCUT2D eigenvalue weighted by atomic mass is 9.66. The molecule has 7 aromatic rings. The van der Waals surface area contributed by atoms with Crippen molar-refractivity contribution in [1.29, 1.82) is 0 Å². The molecule has 1 heterocycles. The van der Waals surface area contributed by atoms with Crippen LogP contribution in [0.4, 0.5) is 0 Å². The lowest BCUT2D eigenvalue weighted by Gasteiger charge is -2.39. The molecule has 0 saturated carbocycles. The Kier molecular flexibility index (Phi) is 6.91. The summed E-state index contributed by atoms with van der Waals surface area (Å²) in [6, 6.07) is 57.6. The number of para-hydroxylation sites is 2. The summed E-state index contributed by atoms with van der Waals surface area (Å²) in [7, 11) is 0. The summed E-state index contributed by atoms with van der Waals surface area (Å²) in [6.45, 7) is 4.08. The Hall–Kier alpha value is -6.32. The van der Waals surface area contributed by atoms with Crippen LogP contribution in [-0.4, -0.2) is 12.6 Å². The number of amidine groups is 1. The predicted molar refractivity (Wildman–Crippen MR) is 202 cm³/mol. The second-order valence-electron chi connectivity index (χ2n) is 12.6. The van der Waals surface area contributed by atoms with Crippen molar-refractivity contribution in [2.45, 2.75) is 11.8 Å². The number of nitrogens with zero attached hydrogens (tertiary/aromatic N) is 2. The molecule has 3 nitrogen and oxygen atoms in total. The fourth-order valence-corrected chi connectivity index (χ4v) is 7.78. The highest BCUT2D eigenvalue weighted by Crippen LogP contribution is 2.63. The van der Waals surface area contributed by atoms with Gasteiger partial charge in [0, 0.05) is 16.7 Å². The van der Waals surface area contributed by atoms with E-state index < -0.39 is 5.41 Å². The fourth-order valence-electron chi connectivity index (χ4n) is 7.78. The summed E-state index contributed by atoms with van der Waals surface area (Å²) in [5.41, 5.74) is 10.4. The van der Waals surface area contributed by atoms with Crippen LogP contribution in [0.25, 0.3) is 27.6 Å². The van der Waals surface area contributed by atoms with Gasteiger partial charge in [0.25, 0.3) is 0 Å². The van der Waals surface area contributed by atoms with E-state index in [0.29, 0.717) is 5.84 Å². The van der Waals surface area contributed by atoms with Crippen molar-refractivity contribution in [2.75, 3.05) is 0 Å². The van der Waals surface area contributed by atoms with Crippen LogP contribution in [0.5, 0.6) is 11.5 Å². The first-order valence-electron chi connectivity index (χ1n) is 16.6. The second-order valence-corrected chi connectivity index (χ2v) is 12.6. The molecule has 1 spiro atoms. The van der Waals surface area contributed by atoms with Crippen LogP contribution < -0.4 is 4.74 Å². The molecular weight excluding hydrogens is 597 g/mol. The van der Waals surface area contributed by atoms with E-state index in [0.717, 1.165) is 51.4 Å². The minimum atomic E-state index is -0.603. The van der Waals surface area contributed by atoms with Crippen molar-refractivity contribution in [3.05, 3.63) is 209 Å². The topological polar surface area (TPSA) is 34.0 Å². The first-order valence-corrected chi connectivity index (χ1v) is 16.6. The Morgan fingerprint density at radius 1 is 0.592 bits per heavy atom. The van der Waals surface area contributed by atoms with Crippen LogP contribution >= 0.6 is 0 Å². The number of hydrogen-bond donors (Lipinski definition) is 0. The van der Waals surface area contributed by atoms with E-state index in [4.69, 9.17) is 9.73 Å². The van der Waals surface area contributed by atoms with Crippen molar-refractivity contribution in [1.82, 2.24) is 0 Å². The average Bonchev–Trinajstić information content (AvgIpc) is 3.44. The summed E-state index contributed by atoms with van der Waals surface area (Å²) in [5.74, 6) is 2.32. The molecule has 0 aromatic heterocycles. The van der Waals surface area contributed by atoms with E-state index in [-0.39, 0.29) is 0 Å². The zero-order chi connectivity index (χ0) is 32.8. The van der Waals surface area contributed by atoms with Gasteiger partial charge in [-0.2, -0.15) is 0 Å². The van der Waals surface area contributed by atoms with Crippen LogP contribution in [0, 0.1) is 0 Å². The third-order valence-corrected chi connectivity index (χ3v) is 9.89. The van der Waals surface area contributed by atoms with Gasteiger partial charge in [0.1, 0.15) is 11.5 Å². The maximum atomic E-state index is 6.59. The molecule has 232 valence electrons. The van der Waals surface area contributed by atoms with Gasteiger partial charge in [0.05, 0.1) is 11.1 Å². The maximum absolute atomic E-state index is 6.59. The minimum absolute atomic E-state index is 0.588. The van der Waals surface area contributed by atoms with E-state index in [1.165, 1.54) is 33.0 Å². The molecule has 2 aliphatic rings. The summed E-state index contributed by atoms with van der Waals surface area (Å²) < 4.78 is 6.59. The molecule has 49 heavy (non-hydrogen) atoms. The molecule has 1 aliphatic heterocycles. The zero-order valence-corrected chi connectivity index (χ0v) is 26.9. The normalized spacial score (nSPS) is 14.0. The van der Waals surface area contributed by atoms with Crippen LogP contribution in [0.1, 0.15) is 38.9 Å². The molecule has 0 radical (unpaired) electrons. The molecule has 0 saturated heterocycles. The largest absolute Gasteiger partial charge is 0.457 e. The molecule has 0 amide bonds. The monoisotopic (exact) mass is 628 g/mol. The number of fused-ring (bicyclic) bond motifs is 10. The summed E-state index contributed by atoms with van der Waals surface area (Å²) in [5, 5.41) is 2.38. The summed E-state index contributed by atoms with van der Waals surface area (Å²) >= 11 is 0. The van der Waals surface area contributed by atoms with Crippen molar-refractivity contribution < 1.29 is 4.74 Å². The lowest BCUT2D eigenvalue weighted by molar-refractivity contribution is 0.436. The van der Waals surface area contributed by atoms with Crippen LogP contribution in [-0.2, 0) is 11.8 Å². The Balaban J connectivity index is 1.34. The first kappa shape index (κ1) is 28.9. The van der Waals surface area contributed by atoms with Gasteiger partial charge in [-0.15, -0.1) is 0 Å². The molecule has 9 rings (SSSR count). The van der Waals surface area contributed by atoms with E-state index in [1.54, 1.807) is 0 Å². The molecule has 0 N–H and O–H groups in total. The van der Waals surface area contributed by atoms with E-state index in [2.05, 4.69) is 145 Å². The van der Waals surface area contributed by atoms with Crippen LogP contribution in [0.2, 0.25) is 0 Å². The smallest absolute Gasteiger partial charge is 0.159 e. The van der Waals surface area contributed by atoms with Gasteiger partial charge in [-0.3, -0.25) is 0 Å². The molecule has 1 aliphatic carbocycles. The van der Waals surface area contributed by atoms with E-state index >= 15 is 0 Å². The molecule has 7 aromatic carbocycles. The Bertz CT molecular complexity index is 2410. The second kappa shape index (κ2) is 11.7. The quantitative estimate of drug-likeness (QED) is 0.138. The van der Waals surface area contributed by atoms with Gasteiger partial charge < -0.3 is 4.74 Å². The standard InChI is InChI=1S/C46H32N2O/c1-47-45(48-41(32-17-6-3-7-18-32)28-27-31-15-4-2-5-16-31)35-21-14-24-39-44(35)36-29-33-19-8-9-20-34(33)30-40(36)46(39)37-22-10-12-25-42(37)49-43-26-13-11-23-38(43)46/h2-26,28-30H,1,27H2/b41-28-,48-45-. The van der Waals surface area contributed by atoms with Crippen molar-refractivity contribution in [3.8, 4) is 22.6 Å². The number of rotatable bonds is 5. The van der Waals surface area contributed by atoms with Crippen LogP contribution in [0.15, 0.2) is 180 Å². The third-order valence-electron chi connectivity index (χ3n) is 9.89. The summed E-state index contributed by atoms with van der Waals surface area (Å²) in [6.07, 6.45) is 2.93. The average molecular weight is 629 g/mol. The molecule has 0 unspecified atom stereocenters. The number of hydrogen-bond acceptors (Lipinski definition) is 2. The van der Waals surface area contributed by atoms with Gasteiger partial charge in [0.15, 0.2) is 5.84 Å². The van der Waals surface area contributed by atoms with Gasteiger partial charge in [-0.05, 0) is 81.6 Å². The van der Waals surface area contributed by atoms with Crippen LogP contribution in [0.3, 0.4) is 0 Å². The Morgan fingerprint density at radius 3 is 1.88 bits per heavy atom. The van der Waals surface area contributed by atoms with Crippen molar-refractivity contribution in [3.63, 3.8) is 0 Å². The number of allylic oxidation sites excluding steroid dienone is 1. The highest BCUT2D eigenvalue weighted by atomic mass is 16.5. The third kappa shape index (κ3) is 4.58. The predicted octanol–water partition coefficient (Wildman–Crippen LogP) is 11.0. The number of aliphatic imine (C=N–C) groups is 2. The molecule has 0 atom stereocenters.